The lowest BCUT2D eigenvalue weighted by Gasteiger charge is -2.23. The maximum atomic E-state index is 11.3. The zero-order valence-electron chi connectivity index (χ0n) is 8.64. The SMILES string of the molecule is CCCNC(=O)CNC(=O)C1CCC1. The van der Waals surface area contributed by atoms with Crippen LogP contribution in [0.25, 0.3) is 0 Å². The largest absolute Gasteiger partial charge is 0.355 e. The Balaban J connectivity index is 2.06. The molecule has 1 aliphatic carbocycles. The fraction of sp³-hybridized carbons (Fsp3) is 0.800. The van der Waals surface area contributed by atoms with E-state index in [1.807, 2.05) is 6.92 Å². The molecule has 0 aromatic rings. The summed E-state index contributed by atoms with van der Waals surface area (Å²) < 4.78 is 0. The van der Waals surface area contributed by atoms with Crippen molar-refractivity contribution in [2.45, 2.75) is 32.6 Å². The lowest BCUT2D eigenvalue weighted by molar-refractivity contribution is -0.130. The lowest BCUT2D eigenvalue weighted by atomic mass is 9.85. The van der Waals surface area contributed by atoms with Crippen LogP contribution in [-0.2, 0) is 9.59 Å². The molecular formula is C10H18N2O2. The molecule has 0 aromatic carbocycles. The molecule has 80 valence electrons. The zero-order chi connectivity index (χ0) is 10.4. The molecule has 14 heavy (non-hydrogen) atoms. The Bertz CT molecular complexity index is 212. The molecule has 0 bridgehead atoms. The van der Waals surface area contributed by atoms with E-state index in [9.17, 15) is 9.59 Å². The highest BCUT2D eigenvalue weighted by Crippen LogP contribution is 2.25. The number of amides is 2. The molecule has 0 atom stereocenters. The average Bonchev–Trinajstić information content (AvgIpc) is 2.08. The topological polar surface area (TPSA) is 58.2 Å². The first-order chi connectivity index (χ1) is 6.74. The van der Waals surface area contributed by atoms with Crippen molar-refractivity contribution in [2.24, 2.45) is 5.92 Å². The van der Waals surface area contributed by atoms with Crippen molar-refractivity contribution in [3.63, 3.8) is 0 Å². The van der Waals surface area contributed by atoms with Crippen molar-refractivity contribution in [3.05, 3.63) is 0 Å². The van der Waals surface area contributed by atoms with Gasteiger partial charge in [-0.2, -0.15) is 0 Å². The second kappa shape index (κ2) is 5.62. The highest BCUT2D eigenvalue weighted by atomic mass is 16.2. The Morgan fingerprint density at radius 2 is 2.00 bits per heavy atom. The lowest BCUT2D eigenvalue weighted by Crippen LogP contribution is -2.41. The van der Waals surface area contributed by atoms with Gasteiger partial charge in [-0.15, -0.1) is 0 Å². The van der Waals surface area contributed by atoms with Gasteiger partial charge in [0.1, 0.15) is 0 Å². The van der Waals surface area contributed by atoms with Gasteiger partial charge in [-0.3, -0.25) is 9.59 Å². The summed E-state index contributed by atoms with van der Waals surface area (Å²) in [7, 11) is 0. The Labute approximate surface area is 84.4 Å². The smallest absolute Gasteiger partial charge is 0.239 e. The molecule has 1 aliphatic rings. The summed E-state index contributed by atoms with van der Waals surface area (Å²) in [6, 6.07) is 0. The number of hydrogen-bond donors (Lipinski definition) is 2. The second-order valence-corrected chi connectivity index (χ2v) is 3.70. The monoisotopic (exact) mass is 198 g/mol. The molecular weight excluding hydrogens is 180 g/mol. The summed E-state index contributed by atoms with van der Waals surface area (Å²) in [6.07, 6.45) is 4.01. The van der Waals surface area contributed by atoms with E-state index in [1.54, 1.807) is 0 Å². The van der Waals surface area contributed by atoms with Crippen molar-refractivity contribution in [1.82, 2.24) is 10.6 Å². The van der Waals surface area contributed by atoms with E-state index >= 15 is 0 Å². The van der Waals surface area contributed by atoms with Crippen LogP contribution in [0.2, 0.25) is 0 Å². The van der Waals surface area contributed by atoms with Crippen LogP contribution in [0.1, 0.15) is 32.6 Å². The third-order valence-corrected chi connectivity index (χ3v) is 2.47. The molecule has 0 spiro atoms. The summed E-state index contributed by atoms with van der Waals surface area (Å²) in [6.45, 7) is 2.79. The molecule has 1 rings (SSSR count). The van der Waals surface area contributed by atoms with E-state index in [2.05, 4.69) is 10.6 Å². The minimum Gasteiger partial charge on any atom is -0.355 e. The van der Waals surface area contributed by atoms with Gasteiger partial charge in [-0.25, -0.2) is 0 Å². The highest BCUT2D eigenvalue weighted by Gasteiger charge is 2.24. The third kappa shape index (κ3) is 3.36. The molecule has 4 heteroatoms. The van der Waals surface area contributed by atoms with E-state index in [0.717, 1.165) is 25.7 Å². The second-order valence-electron chi connectivity index (χ2n) is 3.70. The summed E-state index contributed by atoms with van der Waals surface area (Å²) in [5, 5.41) is 5.35. The Kier molecular flexibility index (Phi) is 4.43. The number of hydrogen-bond acceptors (Lipinski definition) is 2. The van der Waals surface area contributed by atoms with Crippen LogP contribution in [0.3, 0.4) is 0 Å². The molecule has 0 aromatic heterocycles. The Hall–Kier alpha value is -1.06. The van der Waals surface area contributed by atoms with Gasteiger partial charge in [-0.05, 0) is 19.3 Å². The van der Waals surface area contributed by atoms with Crippen molar-refractivity contribution < 1.29 is 9.59 Å². The van der Waals surface area contributed by atoms with Crippen molar-refractivity contribution in [2.75, 3.05) is 13.1 Å². The van der Waals surface area contributed by atoms with Gasteiger partial charge in [0.25, 0.3) is 0 Å². The van der Waals surface area contributed by atoms with Crippen molar-refractivity contribution in [1.29, 1.82) is 0 Å². The van der Waals surface area contributed by atoms with Crippen LogP contribution in [0.4, 0.5) is 0 Å². The van der Waals surface area contributed by atoms with E-state index in [4.69, 9.17) is 0 Å². The number of nitrogens with one attached hydrogen (secondary N) is 2. The summed E-state index contributed by atoms with van der Waals surface area (Å²) in [5.41, 5.74) is 0. The zero-order valence-corrected chi connectivity index (χ0v) is 8.64. The molecule has 0 heterocycles. The van der Waals surface area contributed by atoms with Crippen LogP contribution in [0.5, 0.6) is 0 Å². The van der Waals surface area contributed by atoms with Crippen LogP contribution >= 0.6 is 0 Å². The molecule has 2 amide bonds. The van der Waals surface area contributed by atoms with E-state index < -0.39 is 0 Å². The van der Waals surface area contributed by atoms with Crippen LogP contribution in [0.15, 0.2) is 0 Å². The molecule has 1 fully saturated rings. The number of carbonyl (C=O) groups excluding carboxylic acids is 2. The average molecular weight is 198 g/mol. The molecule has 4 nitrogen and oxygen atoms in total. The molecule has 2 N–H and O–H groups in total. The first-order valence-corrected chi connectivity index (χ1v) is 5.28. The normalized spacial score (nSPS) is 15.8. The molecule has 0 saturated heterocycles. The van der Waals surface area contributed by atoms with E-state index in [-0.39, 0.29) is 24.3 Å². The van der Waals surface area contributed by atoms with Crippen LogP contribution in [0, 0.1) is 5.92 Å². The maximum Gasteiger partial charge on any atom is 0.239 e. The summed E-state index contributed by atoms with van der Waals surface area (Å²) in [5.74, 6) is 0.0939. The van der Waals surface area contributed by atoms with Crippen LogP contribution in [-0.4, -0.2) is 24.9 Å². The van der Waals surface area contributed by atoms with Gasteiger partial charge in [0.05, 0.1) is 6.54 Å². The molecule has 1 saturated carbocycles. The number of rotatable bonds is 5. The third-order valence-electron chi connectivity index (χ3n) is 2.47. The Morgan fingerprint density at radius 1 is 1.29 bits per heavy atom. The minimum atomic E-state index is -0.0977. The molecule has 0 aliphatic heterocycles. The highest BCUT2D eigenvalue weighted by molar-refractivity contribution is 5.86. The maximum absolute atomic E-state index is 11.3. The fourth-order valence-electron chi connectivity index (χ4n) is 1.31. The first-order valence-electron chi connectivity index (χ1n) is 5.28. The van der Waals surface area contributed by atoms with E-state index in [1.165, 1.54) is 0 Å². The van der Waals surface area contributed by atoms with E-state index in [0.29, 0.717) is 6.54 Å². The van der Waals surface area contributed by atoms with Crippen LogP contribution < -0.4 is 10.6 Å². The summed E-state index contributed by atoms with van der Waals surface area (Å²) >= 11 is 0. The molecule has 0 radical (unpaired) electrons. The van der Waals surface area contributed by atoms with Gasteiger partial charge < -0.3 is 10.6 Å². The van der Waals surface area contributed by atoms with Gasteiger partial charge in [-0.1, -0.05) is 13.3 Å². The first kappa shape index (κ1) is 11.0. The standard InChI is InChI=1S/C10H18N2O2/c1-2-6-11-9(13)7-12-10(14)8-4-3-5-8/h8H,2-7H2,1H3,(H,11,13)(H,12,14). The number of carbonyl (C=O) groups is 2. The fourth-order valence-corrected chi connectivity index (χ4v) is 1.31. The predicted molar refractivity (Wildman–Crippen MR) is 53.7 cm³/mol. The summed E-state index contributed by atoms with van der Waals surface area (Å²) in [4.78, 5) is 22.4. The van der Waals surface area contributed by atoms with Gasteiger partial charge in [0, 0.05) is 12.5 Å². The van der Waals surface area contributed by atoms with Crippen molar-refractivity contribution >= 4 is 11.8 Å². The van der Waals surface area contributed by atoms with Crippen molar-refractivity contribution in [3.8, 4) is 0 Å². The minimum absolute atomic E-state index is 0.0305. The van der Waals surface area contributed by atoms with Gasteiger partial charge in [0.15, 0.2) is 0 Å². The van der Waals surface area contributed by atoms with Gasteiger partial charge >= 0.3 is 0 Å². The quantitative estimate of drug-likeness (QED) is 0.673. The Morgan fingerprint density at radius 3 is 2.50 bits per heavy atom. The van der Waals surface area contributed by atoms with Gasteiger partial charge in [0.2, 0.25) is 11.8 Å². The molecule has 0 unspecified atom stereocenters. The predicted octanol–water partition coefficient (Wildman–Crippen LogP) is 0.429.